The SMILES string of the molecule is CCCCCC1c2cc3c4c(C)c2OCOc2c1cc1c(c2C)OCOc2c(cc5c6c2CNC(=O)COc2c7c8cc9c2OCOc2c(cc%10c(c2OCC(=O)NCc2c(c(cc(c2OCO6)C5CCCCC)C3CCCCC)OCO4)OCOc2c(cc3c4c2OCCOCCOCCOCCOCCOc2c(c(cc(c2OCO7)C8CCCCC)C3CCCCC)OCO4)C%10CCCCC)C9CCCCC)C1CCCCC. The van der Waals surface area contributed by atoms with E-state index in [-0.39, 0.29) is 116 Å². The van der Waals surface area contributed by atoms with Crippen molar-refractivity contribution in [1.82, 2.24) is 10.6 Å². The number of hydrogen-bond acceptors (Lipinski definition) is 26. The van der Waals surface area contributed by atoms with Crippen LogP contribution in [0.5, 0.6) is 115 Å². The van der Waals surface area contributed by atoms with Crippen molar-refractivity contribution in [3.63, 3.8) is 0 Å². The minimum absolute atomic E-state index is 0.0783. The van der Waals surface area contributed by atoms with Crippen LogP contribution in [0.25, 0.3) is 0 Å². The standard InChI is InChI=1S/C122H156N2O26/c1-11-19-27-35-75-83-53-85-76(36-28-20-12-2)87-55-89-78(38-30-22-14-4)90-56-88-77(37-29-21-13-3)86-54-84(75)104-74(10)106(86)138-67-140-108(88)100-62-124-102(126)64-134-122-116-96-60-98-82(42-34-26-18-8)97-59-95-80(40-32-24-16-6)93-57-91-79(39-31-23-15-5)92-58-94(81(96)41-33-25-17-7)114(146-71-148-116)120-112(92)144-69-143-111(91)119(131-51-49-129-47-45-127-43-44-128-46-48-130-50-52-132-120)113(93)145-70-147-115(95)121(117(97)149-72-150-118(98)122)133-63-101(125)123-61-99(109(89)141-68-142-110(90)100)107(87)139-66-137-105(85)73(9)103(83)135-65-136-104/h53-60,75-82H,11-52,61-72H2,1-10H3,(H,123,125)(H,124,126). The summed E-state index contributed by atoms with van der Waals surface area (Å²) in [6.07, 6.45) is 26.6. The number of carbonyl (C=O) groups is 2. The third kappa shape index (κ3) is 21.8. The molecule has 18 bridgehead atoms. The molecule has 150 heavy (non-hydrogen) atoms. The Morgan fingerprint density at radius 1 is 0.193 bits per heavy atom. The molecule has 810 valence electrons. The van der Waals surface area contributed by atoms with Crippen molar-refractivity contribution >= 4 is 11.8 Å². The fourth-order valence-electron chi connectivity index (χ4n) is 25.2. The molecule has 0 fully saturated rings. The molecule has 4 atom stereocenters. The van der Waals surface area contributed by atoms with Crippen molar-refractivity contribution < 1.29 is 123 Å². The van der Waals surface area contributed by atoms with Gasteiger partial charge in [0.25, 0.3) is 11.8 Å². The molecule has 4 unspecified atom stereocenters. The van der Waals surface area contributed by atoms with E-state index >= 15 is 9.59 Å². The maximum atomic E-state index is 16.6. The first kappa shape index (κ1) is 106. The molecule has 28 nitrogen and oxygen atoms in total. The second-order valence-corrected chi connectivity index (χ2v) is 42.1. The Kier molecular flexibility index (Phi) is 35.2. The fraction of sp³-hybridized carbons (Fsp3) is 0.590. The molecule has 0 spiro atoms. The van der Waals surface area contributed by atoms with Crippen LogP contribution in [-0.4, -0.2) is 145 Å². The van der Waals surface area contributed by atoms with E-state index in [9.17, 15) is 0 Å². The van der Waals surface area contributed by atoms with Crippen LogP contribution in [-0.2, 0) is 41.6 Å². The lowest BCUT2D eigenvalue weighted by Crippen LogP contribution is -2.31. The number of nitrogens with one attached hydrogen (secondary N) is 2. The topological polar surface area (TPSA) is 280 Å². The second kappa shape index (κ2) is 50.0. The van der Waals surface area contributed by atoms with E-state index in [0.717, 1.165) is 272 Å². The molecule has 0 saturated heterocycles. The van der Waals surface area contributed by atoms with Crippen LogP contribution in [0.3, 0.4) is 0 Å². The molecule has 11 aliphatic rings. The molecule has 11 heterocycles. The molecule has 8 aromatic carbocycles. The normalized spacial score (nSPS) is 20.8. The Labute approximate surface area is 884 Å². The summed E-state index contributed by atoms with van der Waals surface area (Å²) in [7, 11) is 0. The first-order valence-corrected chi connectivity index (χ1v) is 56.9. The van der Waals surface area contributed by atoms with Crippen molar-refractivity contribution in [2.45, 2.75) is 335 Å². The highest BCUT2D eigenvalue weighted by molar-refractivity contribution is 5.82. The predicted molar refractivity (Wildman–Crippen MR) is 567 cm³/mol. The summed E-state index contributed by atoms with van der Waals surface area (Å²) < 4.78 is 172. The molecule has 0 saturated carbocycles. The van der Waals surface area contributed by atoms with Gasteiger partial charge in [0.05, 0.1) is 77.1 Å². The van der Waals surface area contributed by atoms with Crippen molar-refractivity contribution in [2.75, 3.05) is 134 Å². The van der Waals surface area contributed by atoms with Crippen LogP contribution in [0.15, 0.2) is 48.5 Å². The van der Waals surface area contributed by atoms with E-state index in [1.54, 1.807) is 0 Å². The lowest BCUT2D eigenvalue weighted by atomic mass is 9.74. The third-order valence-corrected chi connectivity index (χ3v) is 32.5. The molecule has 0 aromatic heterocycles. The second-order valence-electron chi connectivity index (χ2n) is 42.1. The highest BCUT2D eigenvalue weighted by Gasteiger charge is 2.48. The highest BCUT2D eigenvalue weighted by Crippen LogP contribution is 2.66. The minimum Gasteiger partial charge on any atom is -0.484 e. The molecule has 2 N–H and O–H groups in total. The van der Waals surface area contributed by atoms with Gasteiger partial charge in [-0.3, -0.25) is 9.59 Å². The zero-order chi connectivity index (χ0) is 103. The Morgan fingerprint density at radius 2 is 0.353 bits per heavy atom. The Bertz CT molecular complexity index is 5750. The minimum atomic E-state index is -0.618. The summed E-state index contributed by atoms with van der Waals surface area (Å²) in [5, 5.41) is 7.03. The van der Waals surface area contributed by atoms with E-state index in [4.69, 9.17) is 114 Å². The van der Waals surface area contributed by atoms with E-state index in [1.165, 1.54) is 0 Å². The summed E-state index contributed by atoms with van der Waals surface area (Å²) in [5.74, 6) is 4.60. The van der Waals surface area contributed by atoms with E-state index < -0.39 is 61.4 Å². The quantitative estimate of drug-likeness (QED) is 0.0371. The number of amides is 2. The Balaban J connectivity index is 0.871. The van der Waals surface area contributed by atoms with Gasteiger partial charge < -0.3 is 124 Å². The van der Waals surface area contributed by atoms with Gasteiger partial charge >= 0.3 is 0 Å². The van der Waals surface area contributed by atoms with Crippen LogP contribution < -0.4 is 105 Å². The number of benzene rings is 8. The molecule has 0 aliphatic carbocycles. The lowest BCUT2D eigenvalue weighted by Gasteiger charge is -2.37. The molecule has 19 rings (SSSR count). The van der Waals surface area contributed by atoms with Gasteiger partial charge in [-0.2, -0.15) is 0 Å². The number of hydrogen-bond donors (Lipinski definition) is 2. The van der Waals surface area contributed by atoms with Gasteiger partial charge in [0.2, 0.25) is 77.3 Å². The molecule has 11 aliphatic heterocycles. The smallest absolute Gasteiger partial charge is 0.258 e. The van der Waals surface area contributed by atoms with Gasteiger partial charge in [0, 0.05) is 147 Å². The van der Waals surface area contributed by atoms with Gasteiger partial charge in [0.15, 0.2) is 59.2 Å². The van der Waals surface area contributed by atoms with Crippen LogP contribution in [0.4, 0.5) is 0 Å². The summed E-state index contributed by atoms with van der Waals surface area (Å²) in [6, 6.07) is 18.7. The Hall–Kier alpha value is -11.5. The summed E-state index contributed by atoms with van der Waals surface area (Å²) in [6.45, 7) is 21.2. The Morgan fingerprint density at radius 3 is 0.547 bits per heavy atom. The average Bonchev–Trinajstić information content (AvgIpc) is 0.719. The number of fused-ring (bicyclic) bond motifs is 22. The van der Waals surface area contributed by atoms with Crippen molar-refractivity contribution in [3.05, 3.63) is 160 Å². The molecule has 2 amide bonds. The lowest BCUT2D eigenvalue weighted by molar-refractivity contribution is -0.124. The van der Waals surface area contributed by atoms with Gasteiger partial charge in [-0.15, -0.1) is 0 Å². The average molecular weight is 2070 g/mol. The molecular formula is C122H156N2O26. The largest absolute Gasteiger partial charge is 0.484 e. The van der Waals surface area contributed by atoms with E-state index in [2.05, 4.69) is 128 Å². The zero-order valence-electron chi connectivity index (χ0n) is 90.0. The monoisotopic (exact) mass is 2070 g/mol. The van der Waals surface area contributed by atoms with Gasteiger partial charge in [0.1, 0.15) is 59.2 Å². The van der Waals surface area contributed by atoms with Crippen molar-refractivity contribution in [2.24, 2.45) is 0 Å². The van der Waals surface area contributed by atoms with Crippen LogP contribution in [0.2, 0.25) is 0 Å². The predicted octanol–water partition coefficient (Wildman–Crippen LogP) is 26.0. The first-order chi connectivity index (χ1) is 73.9. The van der Waals surface area contributed by atoms with Gasteiger partial charge in [-0.05, 0) is 114 Å². The zero-order valence-corrected chi connectivity index (χ0v) is 90.0. The number of ether oxygens (including phenoxy) is 24. The number of unbranched alkanes of at least 4 members (excludes halogenated alkanes) is 16. The van der Waals surface area contributed by atoms with Crippen LogP contribution in [0.1, 0.15) is 419 Å². The summed E-state index contributed by atoms with van der Waals surface area (Å²) in [5.41, 5.74) is 17.2. The third-order valence-electron chi connectivity index (χ3n) is 32.5. The van der Waals surface area contributed by atoms with Crippen molar-refractivity contribution in [3.8, 4) is 115 Å². The fourth-order valence-corrected chi connectivity index (χ4v) is 25.2. The maximum absolute atomic E-state index is 16.6. The number of rotatable bonds is 32. The molecular weight excluding hydrogens is 1910 g/mol. The number of carbonyl (C=O) groups excluding carboxylic acids is 2. The van der Waals surface area contributed by atoms with Gasteiger partial charge in [-0.1, -0.05) is 209 Å². The first-order valence-electron chi connectivity index (χ1n) is 56.9. The van der Waals surface area contributed by atoms with E-state index in [0.29, 0.717) is 188 Å². The highest BCUT2D eigenvalue weighted by atomic mass is 16.7. The molecule has 8 aromatic rings. The molecule has 28 heteroatoms. The molecule has 0 radical (unpaired) electrons. The van der Waals surface area contributed by atoms with Crippen molar-refractivity contribution in [1.29, 1.82) is 0 Å². The van der Waals surface area contributed by atoms with Crippen LogP contribution >= 0.6 is 0 Å². The maximum Gasteiger partial charge on any atom is 0.258 e. The van der Waals surface area contributed by atoms with Crippen LogP contribution in [0, 0.1) is 13.8 Å². The van der Waals surface area contributed by atoms with Gasteiger partial charge in [-0.25, -0.2) is 0 Å². The summed E-state index contributed by atoms with van der Waals surface area (Å²) >= 11 is 0. The summed E-state index contributed by atoms with van der Waals surface area (Å²) in [4.78, 5) is 33.2. The van der Waals surface area contributed by atoms with E-state index in [1.807, 2.05) is 0 Å².